The maximum absolute atomic E-state index is 3.80. The molecule has 1 saturated heterocycles. The lowest BCUT2D eigenvalue weighted by Crippen LogP contribution is -2.34. The third kappa shape index (κ3) is 6.85. The zero-order valence-corrected chi connectivity index (χ0v) is 11.8. The first kappa shape index (κ1) is 14.7. The molecular weight excluding hydrogens is 208 g/mol. The molecule has 0 aromatic rings. The highest BCUT2D eigenvalue weighted by Crippen LogP contribution is 2.14. The number of nitrogens with one attached hydrogen (secondary N) is 1. The minimum absolute atomic E-state index is 0.805. The Morgan fingerprint density at radius 3 is 2.76 bits per heavy atom. The average molecular weight is 238 g/mol. The number of allylic oxidation sites excluding steroid dienone is 1. The molecule has 1 aliphatic heterocycles. The molecule has 1 rings (SSSR count). The lowest BCUT2D eigenvalue weighted by molar-refractivity contribution is 0.234. The molecule has 0 spiro atoms. The number of hydrogen-bond acceptors (Lipinski definition) is 2. The smallest absolute Gasteiger partial charge is 0.000755 e. The summed E-state index contributed by atoms with van der Waals surface area (Å²) in [7, 11) is 2.28. The van der Waals surface area contributed by atoms with Gasteiger partial charge in [-0.25, -0.2) is 0 Å². The zero-order chi connectivity index (χ0) is 12.5. The monoisotopic (exact) mass is 238 g/mol. The Balaban J connectivity index is 2.03. The molecule has 0 aliphatic carbocycles. The molecule has 1 aliphatic rings. The minimum atomic E-state index is 0.805. The van der Waals surface area contributed by atoms with Crippen molar-refractivity contribution in [3.05, 3.63) is 12.7 Å². The number of piperidine rings is 1. The van der Waals surface area contributed by atoms with Crippen LogP contribution in [0.1, 0.15) is 39.0 Å². The molecule has 100 valence electrons. The summed E-state index contributed by atoms with van der Waals surface area (Å²) in [5.74, 6) is 1.73. The summed E-state index contributed by atoms with van der Waals surface area (Å²) < 4.78 is 0. The van der Waals surface area contributed by atoms with Gasteiger partial charge in [0.25, 0.3) is 0 Å². The second-order valence-corrected chi connectivity index (χ2v) is 5.73. The Bertz CT molecular complexity index is 197. The van der Waals surface area contributed by atoms with E-state index in [1.807, 2.05) is 6.08 Å². The van der Waals surface area contributed by atoms with Gasteiger partial charge in [-0.15, -0.1) is 6.58 Å². The van der Waals surface area contributed by atoms with Crippen LogP contribution in [0.25, 0.3) is 0 Å². The molecule has 2 heteroatoms. The molecule has 1 fully saturated rings. The van der Waals surface area contributed by atoms with Crippen molar-refractivity contribution in [3.8, 4) is 0 Å². The van der Waals surface area contributed by atoms with Crippen LogP contribution >= 0.6 is 0 Å². The zero-order valence-electron chi connectivity index (χ0n) is 11.8. The Kier molecular flexibility index (Phi) is 7.54. The van der Waals surface area contributed by atoms with Crippen molar-refractivity contribution in [2.24, 2.45) is 11.8 Å². The summed E-state index contributed by atoms with van der Waals surface area (Å²) in [4.78, 5) is 2.52. The first-order chi connectivity index (χ1) is 8.22. The fourth-order valence-corrected chi connectivity index (χ4v) is 2.71. The predicted octanol–water partition coefficient (Wildman–Crippen LogP) is 2.91. The SMILES string of the molecule is C=CCC(C)CCCN(C)CC1CCNCC1. The van der Waals surface area contributed by atoms with E-state index in [1.165, 1.54) is 51.9 Å². The van der Waals surface area contributed by atoms with Crippen molar-refractivity contribution in [2.45, 2.75) is 39.0 Å². The van der Waals surface area contributed by atoms with Crippen LogP contribution < -0.4 is 5.32 Å². The highest BCUT2D eigenvalue weighted by Gasteiger charge is 2.14. The maximum Gasteiger partial charge on any atom is 0.000755 e. The first-order valence-electron chi connectivity index (χ1n) is 7.22. The summed E-state index contributed by atoms with van der Waals surface area (Å²) in [6, 6.07) is 0. The predicted molar refractivity (Wildman–Crippen MR) is 76.3 cm³/mol. The van der Waals surface area contributed by atoms with E-state index in [9.17, 15) is 0 Å². The van der Waals surface area contributed by atoms with Crippen LogP contribution in [-0.4, -0.2) is 38.1 Å². The molecule has 2 nitrogen and oxygen atoms in total. The van der Waals surface area contributed by atoms with E-state index >= 15 is 0 Å². The summed E-state index contributed by atoms with van der Waals surface area (Å²) in [6.45, 7) is 11.1. The molecule has 1 unspecified atom stereocenters. The van der Waals surface area contributed by atoms with Crippen molar-refractivity contribution in [1.29, 1.82) is 0 Å². The lowest BCUT2D eigenvalue weighted by Gasteiger charge is -2.27. The van der Waals surface area contributed by atoms with Crippen molar-refractivity contribution < 1.29 is 0 Å². The summed E-state index contributed by atoms with van der Waals surface area (Å²) in [5.41, 5.74) is 0. The quantitative estimate of drug-likeness (QED) is 0.654. The van der Waals surface area contributed by atoms with Crippen LogP contribution in [0.15, 0.2) is 12.7 Å². The summed E-state index contributed by atoms with van der Waals surface area (Å²) >= 11 is 0. The minimum Gasteiger partial charge on any atom is -0.317 e. The largest absolute Gasteiger partial charge is 0.317 e. The van der Waals surface area contributed by atoms with Gasteiger partial charge in [-0.3, -0.25) is 0 Å². The highest BCUT2D eigenvalue weighted by atomic mass is 15.1. The molecule has 0 amide bonds. The van der Waals surface area contributed by atoms with Crippen molar-refractivity contribution in [2.75, 3.05) is 33.2 Å². The van der Waals surface area contributed by atoms with Crippen LogP contribution in [-0.2, 0) is 0 Å². The molecule has 0 aromatic heterocycles. The Morgan fingerprint density at radius 1 is 1.41 bits per heavy atom. The molecule has 1 atom stereocenters. The van der Waals surface area contributed by atoms with Gasteiger partial charge in [0.05, 0.1) is 0 Å². The van der Waals surface area contributed by atoms with Crippen LogP contribution in [0, 0.1) is 11.8 Å². The van der Waals surface area contributed by atoms with Crippen molar-refractivity contribution in [3.63, 3.8) is 0 Å². The Labute approximate surface area is 107 Å². The second-order valence-electron chi connectivity index (χ2n) is 5.73. The fraction of sp³-hybridized carbons (Fsp3) is 0.867. The van der Waals surface area contributed by atoms with Crippen LogP contribution in [0.5, 0.6) is 0 Å². The fourth-order valence-electron chi connectivity index (χ4n) is 2.71. The Morgan fingerprint density at radius 2 is 2.12 bits per heavy atom. The molecule has 0 aromatic carbocycles. The van der Waals surface area contributed by atoms with E-state index in [0.29, 0.717) is 0 Å². The van der Waals surface area contributed by atoms with E-state index in [1.54, 1.807) is 0 Å². The number of hydrogen-bond donors (Lipinski definition) is 1. The third-order valence-electron chi connectivity index (χ3n) is 3.83. The summed E-state index contributed by atoms with van der Waals surface area (Å²) in [5, 5.41) is 3.43. The van der Waals surface area contributed by atoms with E-state index in [4.69, 9.17) is 0 Å². The van der Waals surface area contributed by atoms with E-state index in [-0.39, 0.29) is 0 Å². The standard InChI is InChI=1S/C15H30N2/c1-4-6-14(2)7-5-12-17(3)13-15-8-10-16-11-9-15/h4,14-16H,1,5-13H2,2-3H3. The molecule has 0 bridgehead atoms. The first-order valence-corrected chi connectivity index (χ1v) is 7.22. The Hall–Kier alpha value is -0.340. The molecule has 17 heavy (non-hydrogen) atoms. The van der Waals surface area contributed by atoms with Gasteiger partial charge in [0.15, 0.2) is 0 Å². The van der Waals surface area contributed by atoms with Gasteiger partial charge < -0.3 is 10.2 Å². The average Bonchev–Trinajstić information content (AvgIpc) is 2.30. The molecule has 1 N–H and O–H groups in total. The van der Waals surface area contributed by atoms with Gasteiger partial charge >= 0.3 is 0 Å². The van der Waals surface area contributed by atoms with Crippen LogP contribution in [0.4, 0.5) is 0 Å². The van der Waals surface area contributed by atoms with Gasteiger partial charge in [0, 0.05) is 6.54 Å². The van der Waals surface area contributed by atoms with Gasteiger partial charge in [0.2, 0.25) is 0 Å². The topological polar surface area (TPSA) is 15.3 Å². The molecule has 1 heterocycles. The van der Waals surface area contributed by atoms with E-state index < -0.39 is 0 Å². The van der Waals surface area contributed by atoms with Gasteiger partial charge in [-0.1, -0.05) is 13.0 Å². The van der Waals surface area contributed by atoms with Crippen LogP contribution in [0.2, 0.25) is 0 Å². The molecule has 0 radical (unpaired) electrons. The molecular formula is C15H30N2. The number of nitrogens with zero attached hydrogens (tertiary/aromatic N) is 1. The number of rotatable bonds is 8. The van der Waals surface area contributed by atoms with E-state index in [2.05, 4.69) is 30.8 Å². The second kappa shape index (κ2) is 8.71. The molecule has 0 saturated carbocycles. The lowest BCUT2D eigenvalue weighted by atomic mass is 9.97. The van der Waals surface area contributed by atoms with Crippen molar-refractivity contribution >= 4 is 0 Å². The maximum atomic E-state index is 3.80. The third-order valence-corrected chi connectivity index (χ3v) is 3.83. The summed E-state index contributed by atoms with van der Waals surface area (Å²) in [6.07, 6.45) is 8.59. The normalized spacial score (nSPS) is 19.5. The highest BCUT2D eigenvalue weighted by molar-refractivity contribution is 4.73. The van der Waals surface area contributed by atoms with Gasteiger partial charge in [-0.05, 0) is 70.6 Å². The van der Waals surface area contributed by atoms with Gasteiger partial charge in [0.1, 0.15) is 0 Å². The van der Waals surface area contributed by atoms with Crippen molar-refractivity contribution in [1.82, 2.24) is 10.2 Å². The van der Waals surface area contributed by atoms with Gasteiger partial charge in [-0.2, -0.15) is 0 Å². The van der Waals surface area contributed by atoms with E-state index in [0.717, 1.165) is 18.3 Å². The van der Waals surface area contributed by atoms with Crippen LogP contribution in [0.3, 0.4) is 0 Å².